The third-order valence-electron chi connectivity index (χ3n) is 3.13. The lowest BCUT2D eigenvalue weighted by Gasteiger charge is -2.16. The quantitative estimate of drug-likeness (QED) is 0.841. The normalized spacial score (nSPS) is 11.7. The minimum atomic E-state index is 0.0286. The maximum absolute atomic E-state index is 11.5. The van der Waals surface area contributed by atoms with Crippen LogP contribution in [0.25, 0.3) is 0 Å². The van der Waals surface area contributed by atoms with Crippen LogP contribution in [0.5, 0.6) is 0 Å². The van der Waals surface area contributed by atoms with Gasteiger partial charge in [0.1, 0.15) is 0 Å². The Labute approximate surface area is 130 Å². The number of benzene rings is 2. The van der Waals surface area contributed by atoms with E-state index in [1.54, 1.807) is 0 Å². The average molecular weight is 300 g/mol. The molecule has 0 radical (unpaired) electrons. The van der Waals surface area contributed by atoms with Crippen LogP contribution < -0.4 is 10.6 Å². The number of carbonyl (C=O) groups is 1. The van der Waals surface area contributed by atoms with Crippen molar-refractivity contribution in [1.82, 2.24) is 0 Å². The van der Waals surface area contributed by atoms with Gasteiger partial charge in [-0.3, -0.25) is 4.79 Å². The molecule has 0 aliphatic rings. The summed E-state index contributed by atoms with van der Waals surface area (Å²) in [7, 11) is 0. The molecule has 0 saturated heterocycles. The van der Waals surface area contributed by atoms with Crippen LogP contribution in [0.3, 0.4) is 0 Å². The van der Waals surface area contributed by atoms with Gasteiger partial charge in [0, 0.05) is 17.4 Å². The molecule has 0 heterocycles. The Morgan fingerprint density at radius 3 is 2.29 bits per heavy atom. The van der Waals surface area contributed by atoms with E-state index in [9.17, 15) is 4.79 Å². The van der Waals surface area contributed by atoms with Crippen LogP contribution in [-0.2, 0) is 4.79 Å². The first-order valence-electron chi connectivity index (χ1n) is 6.89. The summed E-state index contributed by atoms with van der Waals surface area (Å²) < 4.78 is 0. The fraction of sp³-hybridized carbons (Fsp3) is 0.235. The van der Waals surface area contributed by atoms with Crippen molar-refractivity contribution in [3.8, 4) is 0 Å². The molecule has 2 aromatic carbocycles. The van der Waals surface area contributed by atoms with E-state index in [1.807, 2.05) is 48.7 Å². The van der Waals surface area contributed by atoms with Gasteiger partial charge in [0.2, 0.25) is 5.91 Å². The van der Waals surface area contributed by atoms with Gasteiger partial charge < -0.3 is 10.6 Å². The molecule has 2 aromatic rings. The summed E-state index contributed by atoms with van der Waals surface area (Å²) in [5.74, 6) is 0.506. The van der Waals surface area contributed by atoms with Gasteiger partial charge in [-0.15, -0.1) is 0 Å². The lowest BCUT2D eigenvalue weighted by molar-refractivity contribution is -0.113. The number of nitrogens with one attached hydrogen (secondary N) is 2. The highest BCUT2D eigenvalue weighted by Gasteiger charge is 2.05. The highest BCUT2D eigenvalue weighted by molar-refractivity contribution is 7.99. The first kappa shape index (κ1) is 15.4. The van der Waals surface area contributed by atoms with Crippen LogP contribution >= 0.6 is 11.8 Å². The lowest BCUT2D eigenvalue weighted by Crippen LogP contribution is -2.13. The SMILES string of the molecule is CSCC(=O)Nc1ccc(N[C@H](C)c2ccccc2)cc1. The van der Waals surface area contributed by atoms with Crippen LogP contribution in [0.2, 0.25) is 0 Å². The lowest BCUT2D eigenvalue weighted by atomic mass is 10.1. The van der Waals surface area contributed by atoms with Crippen molar-refractivity contribution in [3.05, 3.63) is 60.2 Å². The predicted octanol–water partition coefficient (Wildman–Crippen LogP) is 4.16. The first-order chi connectivity index (χ1) is 10.2. The molecule has 0 bridgehead atoms. The number of hydrogen-bond donors (Lipinski definition) is 2. The molecule has 3 nitrogen and oxygen atoms in total. The Kier molecular flexibility index (Phi) is 5.69. The summed E-state index contributed by atoms with van der Waals surface area (Å²) in [6, 6.07) is 18.3. The van der Waals surface area contributed by atoms with E-state index < -0.39 is 0 Å². The van der Waals surface area contributed by atoms with Gasteiger partial charge in [-0.05, 0) is 43.0 Å². The van der Waals surface area contributed by atoms with Crippen molar-refractivity contribution in [3.63, 3.8) is 0 Å². The number of rotatable bonds is 6. The summed E-state index contributed by atoms with van der Waals surface area (Å²) >= 11 is 1.51. The zero-order valence-electron chi connectivity index (χ0n) is 12.3. The molecule has 0 aliphatic heterocycles. The number of amides is 1. The Bertz CT molecular complexity index is 569. The second kappa shape index (κ2) is 7.74. The molecule has 0 saturated carbocycles. The summed E-state index contributed by atoms with van der Waals surface area (Å²) in [6.45, 7) is 2.13. The van der Waals surface area contributed by atoms with E-state index in [4.69, 9.17) is 0 Å². The minimum Gasteiger partial charge on any atom is -0.379 e. The minimum absolute atomic E-state index is 0.0286. The molecule has 2 rings (SSSR count). The van der Waals surface area contributed by atoms with E-state index >= 15 is 0 Å². The fourth-order valence-electron chi connectivity index (χ4n) is 2.05. The fourth-order valence-corrected chi connectivity index (χ4v) is 2.39. The molecule has 4 heteroatoms. The molecule has 0 aromatic heterocycles. The first-order valence-corrected chi connectivity index (χ1v) is 8.29. The molecule has 0 spiro atoms. The van der Waals surface area contributed by atoms with Crippen molar-refractivity contribution >= 4 is 29.0 Å². The van der Waals surface area contributed by atoms with Crippen LogP contribution in [0, 0.1) is 0 Å². The van der Waals surface area contributed by atoms with Gasteiger partial charge in [-0.2, -0.15) is 11.8 Å². The van der Waals surface area contributed by atoms with E-state index in [0.717, 1.165) is 11.4 Å². The van der Waals surface area contributed by atoms with Crippen molar-refractivity contribution in [1.29, 1.82) is 0 Å². The largest absolute Gasteiger partial charge is 0.379 e. The van der Waals surface area contributed by atoms with E-state index in [1.165, 1.54) is 17.3 Å². The van der Waals surface area contributed by atoms with E-state index in [-0.39, 0.29) is 11.9 Å². The van der Waals surface area contributed by atoms with E-state index in [0.29, 0.717) is 5.75 Å². The van der Waals surface area contributed by atoms with Crippen LogP contribution in [0.4, 0.5) is 11.4 Å². The second-order valence-corrected chi connectivity index (χ2v) is 5.70. The summed E-state index contributed by atoms with van der Waals surface area (Å²) in [4.78, 5) is 11.5. The number of thioether (sulfide) groups is 1. The molecule has 21 heavy (non-hydrogen) atoms. The average Bonchev–Trinajstić information content (AvgIpc) is 2.50. The predicted molar refractivity (Wildman–Crippen MR) is 91.9 cm³/mol. The highest BCUT2D eigenvalue weighted by Crippen LogP contribution is 2.20. The second-order valence-electron chi connectivity index (χ2n) is 4.84. The van der Waals surface area contributed by atoms with Crippen molar-refractivity contribution < 1.29 is 4.79 Å². The molecule has 0 aliphatic carbocycles. The van der Waals surface area contributed by atoms with E-state index in [2.05, 4.69) is 29.7 Å². The van der Waals surface area contributed by atoms with Crippen molar-refractivity contribution in [2.45, 2.75) is 13.0 Å². The summed E-state index contributed by atoms with van der Waals surface area (Å²) in [5.41, 5.74) is 3.11. The molecule has 1 amide bonds. The Balaban J connectivity index is 1.95. The third-order valence-corrected chi connectivity index (χ3v) is 3.68. The monoisotopic (exact) mass is 300 g/mol. The van der Waals surface area contributed by atoms with Gasteiger partial charge in [0.25, 0.3) is 0 Å². The standard InChI is InChI=1S/C17H20N2OS/c1-13(14-6-4-3-5-7-14)18-15-8-10-16(11-9-15)19-17(20)12-21-2/h3-11,13,18H,12H2,1-2H3,(H,19,20)/t13-/m1/s1. The molecule has 1 atom stereocenters. The Hall–Kier alpha value is -1.94. The number of anilines is 2. The molecule has 110 valence electrons. The van der Waals surface area contributed by atoms with Crippen LogP contribution in [0.15, 0.2) is 54.6 Å². The van der Waals surface area contributed by atoms with Gasteiger partial charge >= 0.3 is 0 Å². The van der Waals surface area contributed by atoms with Crippen LogP contribution in [-0.4, -0.2) is 17.9 Å². The highest BCUT2D eigenvalue weighted by atomic mass is 32.2. The maximum atomic E-state index is 11.5. The summed E-state index contributed by atoms with van der Waals surface area (Å²) in [6.07, 6.45) is 1.91. The number of carbonyl (C=O) groups excluding carboxylic acids is 1. The van der Waals surface area contributed by atoms with Gasteiger partial charge in [0.15, 0.2) is 0 Å². The smallest absolute Gasteiger partial charge is 0.234 e. The third kappa shape index (κ3) is 4.83. The van der Waals surface area contributed by atoms with Crippen molar-refractivity contribution in [2.24, 2.45) is 0 Å². The summed E-state index contributed by atoms with van der Waals surface area (Å²) in [5, 5.41) is 6.31. The van der Waals surface area contributed by atoms with Crippen molar-refractivity contribution in [2.75, 3.05) is 22.6 Å². The molecular weight excluding hydrogens is 280 g/mol. The zero-order chi connectivity index (χ0) is 15.1. The Morgan fingerprint density at radius 1 is 1.05 bits per heavy atom. The van der Waals surface area contributed by atoms with Gasteiger partial charge in [0.05, 0.1) is 5.75 Å². The van der Waals surface area contributed by atoms with Gasteiger partial charge in [-0.1, -0.05) is 30.3 Å². The topological polar surface area (TPSA) is 41.1 Å². The number of hydrogen-bond acceptors (Lipinski definition) is 3. The van der Waals surface area contributed by atoms with Crippen LogP contribution in [0.1, 0.15) is 18.5 Å². The zero-order valence-corrected chi connectivity index (χ0v) is 13.1. The van der Waals surface area contributed by atoms with Gasteiger partial charge in [-0.25, -0.2) is 0 Å². The Morgan fingerprint density at radius 2 is 1.67 bits per heavy atom. The molecule has 2 N–H and O–H groups in total. The molecular formula is C17H20N2OS. The molecule has 0 unspecified atom stereocenters. The maximum Gasteiger partial charge on any atom is 0.234 e. The molecule has 0 fully saturated rings.